The van der Waals surface area contributed by atoms with Gasteiger partial charge in [-0.2, -0.15) is 0 Å². The number of aliphatic hydroxyl groups excluding tert-OH is 1. The number of hydrogen-bond donors (Lipinski definition) is 1. The molecule has 0 aliphatic rings. The van der Waals surface area contributed by atoms with Gasteiger partial charge in [0.25, 0.3) is 0 Å². The average Bonchev–Trinajstić information content (AvgIpc) is 2.50. The molecule has 0 unspecified atom stereocenters. The maximum absolute atomic E-state index is 10.3. The van der Waals surface area contributed by atoms with Gasteiger partial charge in [-0.05, 0) is 6.92 Å². The fourth-order valence-electron chi connectivity index (χ4n) is 2.24. The molecule has 0 heterocycles. The predicted molar refractivity (Wildman–Crippen MR) is 95.1 cm³/mol. The molecule has 0 rings (SSSR count). The van der Waals surface area contributed by atoms with Crippen LogP contribution in [-0.2, 0) is 9.53 Å². The summed E-state index contributed by atoms with van der Waals surface area (Å²) in [5.74, 6) is -0.338. The zero-order chi connectivity index (χ0) is 16.9. The summed E-state index contributed by atoms with van der Waals surface area (Å²) in [7, 11) is 0. The van der Waals surface area contributed by atoms with Crippen molar-refractivity contribution in [1.29, 1.82) is 0 Å². The highest BCUT2D eigenvalue weighted by Crippen LogP contribution is 2.11. The van der Waals surface area contributed by atoms with Gasteiger partial charge in [-0.25, -0.2) is 0 Å². The number of carbonyl (C=O) groups excluding carboxylic acids is 1. The summed E-state index contributed by atoms with van der Waals surface area (Å²) in [4.78, 5) is 10.3. The lowest BCUT2D eigenvalue weighted by atomic mass is 10.1. The first-order valence-corrected chi connectivity index (χ1v) is 9.49. The van der Waals surface area contributed by atoms with Crippen LogP contribution in [0.2, 0.25) is 0 Å². The highest BCUT2D eigenvalue weighted by molar-refractivity contribution is 5.69. The van der Waals surface area contributed by atoms with Gasteiger partial charge in [0.2, 0.25) is 0 Å². The van der Waals surface area contributed by atoms with E-state index >= 15 is 0 Å². The van der Waals surface area contributed by atoms with E-state index in [0.717, 1.165) is 0 Å². The molecule has 0 atom stereocenters. The smallest absolute Gasteiger partial charge is 0.308 e. The van der Waals surface area contributed by atoms with E-state index in [-0.39, 0.29) is 19.0 Å². The van der Waals surface area contributed by atoms with Crippen molar-refractivity contribution in [3.8, 4) is 0 Å². The van der Waals surface area contributed by atoms with E-state index in [9.17, 15) is 4.79 Å². The van der Waals surface area contributed by atoms with E-state index in [1.807, 2.05) is 0 Å². The van der Waals surface area contributed by atoms with Crippen molar-refractivity contribution in [3.05, 3.63) is 0 Å². The minimum Gasteiger partial charge on any atom is -0.466 e. The fourth-order valence-corrected chi connectivity index (χ4v) is 2.24. The number of aliphatic hydroxyl groups is 1. The normalized spacial score (nSPS) is 10.0. The van der Waals surface area contributed by atoms with Gasteiger partial charge in [-0.1, -0.05) is 90.9 Å². The monoisotopic (exact) mass is 316 g/mol. The number of unbranched alkanes of at least 4 members (excludes halogenated alkanes) is 11. The molecule has 0 aliphatic carbocycles. The van der Waals surface area contributed by atoms with Crippen LogP contribution in [0.5, 0.6) is 0 Å². The largest absolute Gasteiger partial charge is 0.466 e. The Kier molecular flexibility index (Phi) is 24.5. The van der Waals surface area contributed by atoms with Crippen molar-refractivity contribution >= 4 is 5.97 Å². The third-order valence-electron chi connectivity index (χ3n) is 3.58. The minimum absolute atomic E-state index is 0.105. The highest BCUT2D eigenvalue weighted by Gasteiger charge is 1.96. The van der Waals surface area contributed by atoms with Gasteiger partial charge in [-0.15, -0.1) is 0 Å². The lowest BCUT2D eigenvalue weighted by Crippen LogP contribution is -2.05. The molecule has 0 aliphatic heterocycles. The van der Waals surface area contributed by atoms with Crippen molar-refractivity contribution in [3.63, 3.8) is 0 Å². The quantitative estimate of drug-likeness (QED) is 0.333. The molecule has 0 fully saturated rings. The molecule has 134 valence electrons. The number of esters is 1. The molecule has 0 spiro atoms. The number of hydrogen-bond acceptors (Lipinski definition) is 3. The molecule has 0 saturated carbocycles. The van der Waals surface area contributed by atoms with Gasteiger partial charge in [0, 0.05) is 0 Å². The van der Waals surface area contributed by atoms with Gasteiger partial charge < -0.3 is 9.84 Å². The third kappa shape index (κ3) is 24.4. The molecule has 0 bridgehead atoms. The zero-order valence-electron chi connectivity index (χ0n) is 15.4. The van der Waals surface area contributed by atoms with Crippen LogP contribution in [0, 0.1) is 0 Å². The Bertz CT molecular complexity index is 185. The van der Waals surface area contributed by atoms with Crippen LogP contribution in [0.15, 0.2) is 0 Å². The zero-order valence-corrected chi connectivity index (χ0v) is 15.4. The average molecular weight is 317 g/mol. The summed E-state index contributed by atoms with van der Waals surface area (Å²) >= 11 is 0. The Balaban J connectivity index is 0. The SMILES string of the molecule is CCCCCCCCCCCCCC.CCOC(=O)CCO. The molecule has 0 amide bonds. The first kappa shape index (κ1) is 23.7. The van der Waals surface area contributed by atoms with Crippen molar-refractivity contribution in [2.45, 2.75) is 104 Å². The van der Waals surface area contributed by atoms with Crippen LogP contribution in [0.1, 0.15) is 104 Å². The van der Waals surface area contributed by atoms with Crippen LogP contribution < -0.4 is 0 Å². The lowest BCUT2D eigenvalue weighted by Gasteiger charge is -2.01. The first-order valence-electron chi connectivity index (χ1n) is 9.49. The summed E-state index contributed by atoms with van der Waals surface area (Å²) in [6.45, 7) is 6.56. The Morgan fingerprint density at radius 2 is 1.09 bits per heavy atom. The van der Waals surface area contributed by atoms with Gasteiger partial charge in [0.05, 0.1) is 19.6 Å². The minimum atomic E-state index is -0.338. The second-order valence-electron chi connectivity index (χ2n) is 5.81. The molecule has 0 aromatic rings. The van der Waals surface area contributed by atoms with Gasteiger partial charge in [0.1, 0.15) is 0 Å². The van der Waals surface area contributed by atoms with Gasteiger partial charge >= 0.3 is 5.97 Å². The van der Waals surface area contributed by atoms with E-state index < -0.39 is 0 Å². The molecular formula is C19H40O3. The van der Waals surface area contributed by atoms with E-state index in [1.165, 1.54) is 77.0 Å². The highest BCUT2D eigenvalue weighted by atomic mass is 16.5. The van der Waals surface area contributed by atoms with E-state index in [2.05, 4.69) is 18.6 Å². The summed E-state index contributed by atoms with van der Waals surface area (Å²) in [5.41, 5.74) is 0. The molecule has 0 aromatic heterocycles. The van der Waals surface area contributed by atoms with Crippen LogP contribution in [0.4, 0.5) is 0 Å². The van der Waals surface area contributed by atoms with Gasteiger partial charge in [0.15, 0.2) is 0 Å². The van der Waals surface area contributed by atoms with Crippen LogP contribution in [0.25, 0.3) is 0 Å². The van der Waals surface area contributed by atoms with Gasteiger partial charge in [-0.3, -0.25) is 4.79 Å². The maximum Gasteiger partial charge on any atom is 0.308 e. The standard InChI is InChI=1S/C14H30.C5H10O3/c1-3-5-7-9-11-13-14-12-10-8-6-4-2;1-2-8-5(7)3-4-6/h3-14H2,1-2H3;6H,2-4H2,1H3. The Labute approximate surface area is 138 Å². The molecule has 0 radical (unpaired) electrons. The molecule has 0 aromatic carbocycles. The molecular weight excluding hydrogens is 276 g/mol. The van der Waals surface area contributed by atoms with Crippen molar-refractivity contribution < 1.29 is 14.6 Å². The molecule has 3 heteroatoms. The van der Waals surface area contributed by atoms with Crippen LogP contribution >= 0.6 is 0 Å². The summed E-state index contributed by atoms with van der Waals surface area (Å²) in [5, 5.41) is 8.16. The fraction of sp³-hybridized carbons (Fsp3) is 0.947. The number of carbonyl (C=O) groups is 1. The summed E-state index contributed by atoms with van der Waals surface area (Å²) < 4.78 is 4.48. The topological polar surface area (TPSA) is 46.5 Å². The molecule has 0 saturated heterocycles. The van der Waals surface area contributed by atoms with E-state index in [1.54, 1.807) is 6.92 Å². The molecule has 1 N–H and O–H groups in total. The first-order chi connectivity index (χ1) is 10.7. The maximum atomic E-state index is 10.3. The molecule has 3 nitrogen and oxygen atoms in total. The number of ether oxygens (including phenoxy) is 1. The van der Waals surface area contributed by atoms with E-state index in [0.29, 0.717) is 6.61 Å². The third-order valence-corrected chi connectivity index (χ3v) is 3.58. The second kappa shape index (κ2) is 22.7. The Morgan fingerprint density at radius 3 is 1.36 bits per heavy atom. The Morgan fingerprint density at radius 1 is 0.727 bits per heavy atom. The number of rotatable bonds is 14. The second-order valence-corrected chi connectivity index (χ2v) is 5.81. The molecule has 22 heavy (non-hydrogen) atoms. The summed E-state index contributed by atoms with van der Waals surface area (Å²) in [6.07, 6.45) is 17.5. The van der Waals surface area contributed by atoms with Crippen LogP contribution in [-0.4, -0.2) is 24.3 Å². The lowest BCUT2D eigenvalue weighted by molar-refractivity contribution is -0.143. The van der Waals surface area contributed by atoms with Crippen molar-refractivity contribution in [2.75, 3.05) is 13.2 Å². The Hall–Kier alpha value is -0.570. The predicted octanol–water partition coefficient (Wildman–Crippen LogP) is 5.64. The van der Waals surface area contributed by atoms with Crippen molar-refractivity contribution in [2.24, 2.45) is 0 Å². The van der Waals surface area contributed by atoms with Crippen molar-refractivity contribution in [1.82, 2.24) is 0 Å². The summed E-state index contributed by atoms with van der Waals surface area (Å²) in [6, 6.07) is 0. The van der Waals surface area contributed by atoms with Crippen LogP contribution in [0.3, 0.4) is 0 Å². The van der Waals surface area contributed by atoms with E-state index in [4.69, 9.17) is 5.11 Å².